The third kappa shape index (κ3) is 3.91. The first-order valence-corrected chi connectivity index (χ1v) is 6.21. The molecule has 5 heteroatoms. The van der Waals surface area contributed by atoms with Gasteiger partial charge in [-0.3, -0.25) is 10.1 Å². The lowest BCUT2D eigenvalue weighted by Gasteiger charge is -2.16. The molecule has 0 saturated carbocycles. The van der Waals surface area contributed by atoms with Crippen molar-refractivity contribution in [2.24, 2.45) is 5.92 Å². The van der Waals surface area contributed by atoms with Crippen LogP contribution in [-0.4, -0.2) is 11.0 Å². The highest BCUT2D eigenvalue weighted by molar-refractivity contribution is 5.74. The van der Waals surface area contributed by atoms with E-state index in [4.69, 9.17) is 5.73 Å². The van der Waals surface area contributed by atoms with Crippen molar-refractivity contribution in [2.45, 2.75) is 39.7 Å². The number of nitro groups is 1. The summed E-state index contributed by atoms with van der Waals surface area (Å²) in [6.07, 6.45) is 2.06. The van der Waals surface area contributed by atoms with Crippen molar-refractivity contribution in [3.05, 3.63) is 28.3 Å². The molecule has 0 aliphatic rings. The van der Waals surface area contributed by atoms with Crippen LogP contribution in [0.25, 0.3) is 0 Å². The van der Waals surface area contributed by atoms with Gasteiger partial charge in [0.25, 0.3) is 0 Å². The van der Waals surface area contributed by atoms with E-state index in [0.29, 0.717) is 11.6 Å². The summed E-state index contributed by atoms with van der Waals surface area (Å²) >= 11 is 0. The first-order valence-electron chi connectivity index (χ1n) is 6.21. The Balaban J connectivity index is 2.78. The molecule has 18 heavy (non-hydrogen) atoms. The molecule has 1 unspecified atom stereocenters. The topological polar surface area (TPSA) is 81.2 Å². The molecule has 0 aliphatic carbocycles. The summed E-state index contributed by atoms with van der Waals surface area (Å²) in [7, 11) is 0. The van der Waals surface area contributed by atoms with E-state index >= 15 is 0 Å². The Bertz CT molecular complexity index is 419. The smallest absolute Gasteiger partial charge is 0.314 e. The molecule has 0 bridgehead atoms. The lowest BCUT2D eigenvalue weighted by atomic mass is 10.0. The van der Waals surface area contributed by atoms with Crippen LogP contribution in [0, 0.1) is 16.0 Å². The van der Waals surface area contributed by atoms with Crippen LogP contribution in [0.4, 0.5) is 17.1 Å². The largest absolute Gasteiger partial charge is 0.393 e. The molecule has 1 rings (SSSR count). The zero-order valence-electron chi connectivity index (χ0n) is 11.1. The number of nitrogens with zero attached hydrogens (tertiary/aromatic N) is 1. The van der Waals surface area contributed by atoms with E-state index in [1.54, 1.807) is 18.2 Å². The average molecular weight is 251 g/mol. The second kappa shape index (κ2) is 6.23. The quantitative estimate of drug-likeness (QED) is 0.461. The number of nitrogens with one attached hydrogen (secondary N) is 1. The molecule has 0 saturated heterocycles. The third-order valence-electron chi connectivity index (χ3n) is 2.83. The number of nitrogen functional groups attached to an aromatic ring is 1. The number of benzene rings is 1. The van der Waals surface area contributed by atoms with Gasteiger partial charge in [0.1, 0.15) is 11.4 Å². The summed E-state index contributed by atoms with van der Waals surface area (Å²) in [5, 5.41) is 14.1. The highest BCUT2D eigenvalue weighted by Crippen LogP contribution is 2.31. The summed E-state index contributed by atoms with van der Waals surface area (Å²) in [6, 6.07) is 5.15. The molecule has 0 fully saturated rings. The lowest BCUT2D eigenvalue weighted by molar-refractivity contribution is -0.383. The summed E-state index contributed by atoms with van der Waals surface area (Å²) in [5.41, 5.74) is 6.30. The second-order valence-corrected chi connectivity index (χ2v) is 5.02. The predicted octanol–water partition coefficient (Wildman–Crippen LogP) is 3.41. The van der Waals surface area contributed by atoms with Gasteiger partial charge in [-0.15, -0.1) is 0 Å². The van der Waals surface area contributed by atoms with Gasteiger partial charge in [-0.1, -0.05) is 19.9 Å². The van der Waals surface area contributed by atoms with Crippen LogP contribution >= 0.6 is 0 Å². The molecule has 1 aromatic rings. The second-order valence-electron chi connectivity index (χ2n) is 5.02. The summed E-state index contributed by atoms with van der Waals surface area (Å²) < 4.78 is 0. The first kappa shape index (κ1) is 14.3. The van der Waals surface area contributed by atoms with Crippen molar-refractivity contribution < 1.29 is 4.92 Å². The highest BCUT2D eigenvalue weighted by atomic mass is 16.6. The molecule has 0 spiro atoms. The predicted molar refractivity (Wildman–Crippen MR) is 74.7 cm³/mol. The van der Waals surface area contributed by atoms with Gasteiger partial charge in [-0.05, 0) is 37.8 Å². The monoisotopic (exact) mass is 251 g/mol. The van der Waals surface area contributed by atoms with Crippen LogP contribution in [0.1, 0.15) is 33.6 Å². The van der Waals surface area contributed by atoms with Gasteiger partial charge < -0.3 is 11.1 Å². The fourth-order valence-electron chi connectivity index (χ4n) is 1.80. The Hall–Kier alpha value is -1.78. The molecule has 0 amide bonds. The minimum Gasteiger partial charge on any atom is -0.393 e. The van der Waals surface area contributed by atoms with Gasteiger partial charge >= 0.3 is 5.69 Å². The number of nitrogens with two attached hydrogens (primary N) is 1. The van der Waals surface area contributed by atoms with Crippen LogP contribution in [0.2, 0.25) is 0 Å². The van der Waals surface area contributed by atoms with E-state index in [-0.39, 0.29) is 17.4 Å². The van der Waals surface area contributed by atoms with Crippen LogP contribution in [0.15, 0.2) is 18.2 Å². The zero-order valence-corrected chi connectivity index (χ0v) is 11.1. The number of rotatable bonds is 6. The Morgan fingerprint density at radius 1 is 1.33 bits per heavy atom. The van der Waals surface area contributed by atoms with Crippen LogP contribution in [0.5, 0.6) is 0 Å². The number of hydrogen-bond donors (Lipinski definition) is 2. The molecule has 100 valence electrons. The molecule has 0 heterocycles. The van der Waals surface area contributed by atoms with Gasteiger partial charge in [-0.25, -0.2) is 0 Å². The standard InChI is InChI=1S/C13H21N3O2/c1-9(2)7-8-10(3)15-12-6-4-5-11(14)13(12)16(17)18/h4-6,9-10,15H,7-8,14H2,1-3H3. The molecule has 5 nitrogen and oxygen atoms in total. The number of hydrogen-bond acceptors (Lipinski definition) is 4. The maximum absolute atomic E-state index is 11.0. The van der Waals surface area contributed by atoms with Gasteiger partial charge in [0, 0.05) is 6.04 Å². The Kier molecular flexibility index (Phi) is 4.95. The lowest BCUT2D eigenvalue weighted by Crippen LogP contribution is -2.17. The van der Waals surface area contributed by atoms with E-state index in [0.717, 1.165) is 12.8 Å². The summed E-state index contributed by atoms with van der Waals surface area (Å²) in [6.45, 7) is 6.35. The Morgan fingerprint density at radius 3 is 2.56 bits per heavy atom. The summed E-state index contributed by atoms with van der Waals surface area (Å²) in [4.78, 5) is 10.5. The Labute approximate surface area is 108 Å². The summed E-state index contributed by atoms with van der Waals surface area (Å²) in [5.74, 6) is 0.630. The molecule has 1 atom stereocenters. The van der Waals surface area contributed by atoms with Crippen LogP contribution < -0.4 is 11.1 Å². The maximum Gasteiger partial charge on any atom is 0.314 e. The van der Waals surface area contributed by atoms with E-state index in [1.807, 2.05) is 6.92 Å². The molecule has 0 aromatic heterocycles. The fourth-order valence-corrected chi connectivity index (χ4v) is 1.80. The highest BCUT2D eigenvalue weighted by Gasteiger charge is 2.18. The zero-order chi connectivity index (χ0) is 13.7. The molecule has 3 N–H and O–H groups in total. The molecular formula is C13H21N3O2. The van der Waals surface area contributed by atoms with E-state index in [9.17, 15) is 10.1 Å². The fraction of sp³-hybridized carbons (Fsp3) is 0.538. The van der Waals surface area contributed by atoms with Crippen molar-refractivity contribution in [1.82, 2.24) is 0 Å². The van der Waals surface area contributed by atoms with Crippen molar-refractivity contribution in [3.8, 4) is 0 Å². The minimum atomic E-state index is -0.438. The van der Waals surface area contributed by atoms with Crippen molar-refractivity contribution in [1.29, 1.82) is 0 Å². The van der Waals surface area contributed by atoms with Crippen LogP contribution in [-0.2, 0) is 0 Å². The first-order chi connectivity index (χ1) is 8.41. The number of anilines is 2. The minimum absolute atomic E-state index is 0.0334. The maximum atomic E-state index is 11.0. The van der Waals surface area contributed by atoms with Gasteiger partial charge in [0.2, 0.25) is 0 Å². The van der Waals surface area contributed by atoms with E-state index in [2.05, 4.69) is 19.2 Å². The van der Waals surface area contributed by atoms with E-state index < -0.39 is 4.92 Å². The van der Waals surface area contributed by atoms with Gasteiger partial charge in [0.05, 0.1) is 4.92 Å². The molecule has 1 aromatic carbocycles. The third-order valence-corrected chi connectivity index (χ3v) is 2.83. The van der Waals surface area contributed by atoms with Crippen molar-refractivity contribution in [3.63, 3.8) is 0 Å². The average Bonchev–Trinajstić information content (AvgIpc) is 2.26. The van der Waals surface area contributed by atoms with Crippen LogP contribution in [0.3, 0.4) is 0 Å². The molecular weight excluding hydrogens is 230 g/mol. The SMILES string of the molecule is CC(C)CCC(C)Nc1cccc(N)c1[N+](=O)[O-]. The van der Waals surface area contributed by atoms with Gasteiger partial charge in [-0.2, -0.15) is 0 Å². The normalized spacial score (nSPS) is 12.4. The van der Waals surface area contributed by atoms with Crippen molar-refractivity contribution in [2.75, 3.05) is 11.1 Å². The Morgan fingerprint density at radius 2 is 2.00 bits per heavy atom. The number of nitro benzene ring substituents is 1. The van der Waals surface area contributed by atoms with E-state index in [1.165, 1.54) is 0 Å². The number of para-hydroxylation sites is 1. The molecule has 0 radical (unpaired) electrons. The molecule has 0 aliphatic heterocycles. The van der Waals surface area contributed by atoms with Crippen molar-refractivity contribution >= 4 is 17.1 Å². The van der Waals surface area contributed by atoms with Gasteiger partial charge in [0.15, 0.2) is 0 Å².